The number of aryl methyl sites for hydroxylation is 1. The number of nitrogens with zero attached hydrogens (tertiary/aromatic N) is 2. The van der Waals surface area contributed by atoms with Gasteiger partial charge in [0.05, 0.1) is 10.8 Å². The number of anilines is 1. The zero-order chi connectivity index (χ0) is 25.3. The lowest BCUT2D eigenvalue weighted by Gasteiger charge is -2.11. The molecular weight excluding hydrogens is 470 g/mol. The third-order valence-corrected chi connectivity index (χ3v) is 7.56. The van der Waals surface area contributed by atoms with Crippen molar-refractivity contribution < 1.29 is 12.9 Å². The number of sulfone groups is 1. The van der Waals surface area contributed by atoms with Gasteiger partial charge in [0.1, 0.15) is 0 Å². The second kappa shape index (κ2) is 9.59. The van der Waals surface area contributed by atoms with Crippen LogP contribution in [-0.2, 0) is 16.4 Å². The van der Waals surface area contributed by atoms with Crippen LogP contribution >= 0.6 is 0 Å². The van der Waals surface area contributed by atoms with E-state index in [0.29, 0.717) is 23.2 Å². The van der Waals surface area contributed by atoms with E-state index in [1.54, 1.807) is 12.1 Å². The van der Waals surface area contributed by atoms with Crippen LogP contribution in [-0.4, -0.2) is 24.8 Å². The lowest BCUT2D eigenvalue weighted by atomic mass is 9.95. The maximum Gasteiger partial charge on any atom is 0.234 e. The molecule has 0 amide bonds. The molecule has 6 nitrogen and oxygen atoms in total. The van der Waals surface area contributed by atoms with Crippen molar-refractivity contribution >= 4 is 26.3 Å². The fourth-order valence-corrected chi connectivity index (χ4v) is 4.94. The summed E-state index contributed by atoms with van der Waals surface area (Å²) in [5.41, 5.74) is 4.99. The normalized spacial score (nSPS) is 12.5. The summed E-state index contributed by atoms with van der Waals surface area (Å²) in [6.07, 6.45) is 1.21. The average molecular weight is 498 g/mol. The number of hydrogen-bond donors (Lipinski definition) is 1. The minimum atomic E-state index is -3.20. The zero-order valence-corrected chi connectivity index (χ0v) is 21.2. The summed E-state index contributed by atoms with van der Waals surface area (Å²) < 4.78 is 29.1. The monoisotopic (exact) mass is 497 g/mol. The standard InChI is InChI=1S/C29H27N3O3S/c1-19-11-14-23(30-18-21-12-15-24(16-13-21)36(3,33)34)17-27(19)28-31-29(35-32-28)20(2)25-10-6-8-22-7-4-5-9-26(22)25/h4-17,20,30H,18H2,1-3H3. The van der Waals surface area contributed by atoms with E-state index in [1.165, 1.54) is 17.0 Å². The third kappa shape index (κ3) is 4.88. The fraction of sp³-hybridized carbons (Fsp3) is 0.172. The molecule has 1 aromatic heterocycles. The summed E-state index contributed by atoms with van der Waals surface area (Å²) in [7, 11) is -3.20. The van der Waals surface area contributed by atoms with E-state index < -0.39 is 9.84 Å². The highest BCUT2D eigenvalue weighted by molar-refractivity contribution is 7.90. The van der Waals surface area contributed by atoms with E-state index in [-0.39, 0.29) is 5.92 Å². The number of aromatic nitrogens is 2. The highest BCUT2D eigenvalue weighted by atomic mass is 32.2. The van der Waals surface area contributed by atoms with Crippen LogP contribution in [0.3, 0.4) is 0 Å². The van der Waals surface area contributed by atoms with E-state index >= 15 is 0 Å². The van der Waals surface area contributed by atoms with Crippen molar-refractivity contribution in [2.24, 2.45) is 0 Å². The van der Waals surface area contributed by atoms with Crippen LogP contribution < -0.4 is 5.32 Å². The number of fused-ring (bicyclic) bond motifs is 1. The van der Waals surface area contributed by atoms with Gasteiger partial charge in [-0.3, -0.25) is 0 Å². The lowest BCUT2D eigenvalue weighted by Crippen LogP contribution is -2.02. The molecule has 0 aliphatic rings. The van der Waals surface area contributed by atoms with Gasteiger partial charge in [0, 0.05) is 24.1 Å². The third-order valence-electron chi connectivity index (χ3n) is 6.43. The predicted octanol–water partition coefficient (Wildman–Crippen LogP) is 6.37. The number of hydrogen-bond acceptors (Lipinski definition) is 6. The second-order valence-corrected chi connectivity index (χ2v) is 11.1. The topological polar surface area (TPSA) is 85.1 Å². The Balaban J connectivity index is 1.36. The van der Waals surface area contributed by atoms with Crippen LogP contribution in [0.1, 0.15) is 35.4 Å². The van der Waals surface area contributed by atoms with Crippen LogP contribution in [0.15, 0.2) is 94.3 Å². The number of nitrogens with one attached hydrogen (secondary N) is 1. The molecule has 1 unspecified atom stereocenters. The molecule has 1 N–H and O–H groups in total. The quantitative estimate of drug-likeness (QED) is 0.281. The maximum absolute atomic E-state index is 11.7. The molecule has 0 saturated heterocycles. The Morgan fingerprint density at radius 2 is 1.69 bits per heavy atom. The summed E-state index contributed by atoms with van der Waals surface area (Å²) in [4.78, 5) is 5.07. The van der Waals surface area contributed by atoms with Gasteiger partial charge >= 0.3 is 0 Å². The fourth-order valence-electron chi connectivity index (χ4n) is 4.31. The molecular formula is C29H27N3O3S. The molecule has 182 valence electrons. The summed E-state index contributed by atoms with van der Waals surface area (Å²) in [5.74, 6) is 1.08. The first kappa shape index (κ1) is 23.8. The van der Waals surface area contributed by atoms with Crippen LogP contribution in [0.5, 0.6) is 0 Å². The van der Waals surface area contributed by atoms with Gasteiger partial charge in [0.2, 0.25) is 11.7 Å². The second-order valence-electron chi connectivity index (χ2n) is 9.05. The molecule has 0 radical (unpaired) electrons. The van der Waals surface area contributed by atoms with Gasteiger partial charge in [-0.2, -0.15) is 4.98 Å². The van der Waals surface area contributed by atoms with Gasteiger partial charge in [0.25, 0.3) is 0 Å². The first-order valence-electron chi connectivity index (χ1n) is 11.7. The highest BCUT2D eigenvalue weighted by Gasteiger charge is 2.20. The molecule has 0 fully saturated rings. The molecule has 0 aliphatic heterocycles. The van der Waals surface area contributed by atoms with Crippen LogP contribution in [0.4, 0.5) is 5.69 Å². The van der Waals surface area contributed by atoms with E-state index in [2.05, 4.69) is 47.7 Å². The van der Waals surface area contributed by atoms with Crippen molar-refractivity contribution in [3.63, 3.8) is 0 Å². The van der Waals surface area contributed by atoms with Crippen molar-refractivity contribution in [1.29, 1.82) is 0 Å². The van der Waals surface area contributed by atoms with E-state index in [9.17, 15) is 8.42 Å². The molecule has 5 aromatic rings. The van der Waals surface area contributed by atoms with Crippen LogP contribution in [0.25, 0.3) is 22.2 Å². The van der Waals surface area contributed by atoms with Gasteiger partial charge in [-0.1, -0.05) is 65.8 Å². The van der Waals surface area contributed by atoms with Crippen LogP contribution in [0.2, 0.25) is 0 Å². The molecule has 0 bridgehead atoms. The lowest BCUT2D eigenvalue weighted by molar-refractivity contribution is 0.371. The summed E-state index contributed by atoms with van der Waals surface area (Å²) in [6, 6.07) is 27.5. The summed E-state index contributed by atoms with van der Waals surface area (Å²) in [5, 5.41) is 10.1. The number of benzene rings is 4. The van der Waals surface area contributed by atoms with E-state index in [0.717, 1.165) is 27.9 Å². The molecule has 0 spiro atoms. The van der Waals surface area contributed by atoms with E-state index in [4.69, 9.17) is 9.51 Å². The van der Waals surface area contributed by atoms with E-state index in [1.807, 2.05) is 49.4 Å². The SMILES string of the molecule is Cc1ccc(NCc2ccc(S(C)(=O)=O)cc2)cc1-c1noc(C(C)c2cccc3ccccc23)n1. The van der Waals surface area contributed by atoms with Crippen molar-refractivity contribution in [1.82, 2.24) is 10.1 Å². The largest absolute Gasteiger partial charge is 0.381 e. The molecule has 0 aliphatic carbocycles. The Hall–Kier alpha value is -3.97. The molecule has 1 heterocycles. The highest BCUT2D eigenvalue weighted by Crippen LogP contribution is 2.32. The first-order valence-corrected chi connectivity index (χ1v) is 13.6. The zero-order valence-electron chi connectivity index (χ0n) is 20.4. The van der Waals surface area contributed by atoms with Gasteiger partial charge in [-0.05, 0) is 65.6 Å². The molecule has 0 saturated carbocycles. The average Bonchev–Trinajstić information content (AvgIpc) is 3.37. The van der Waals surface area contributed by atoms with Crippen molar-refractivity contribution in [2.75, 3.05) is 11.6 Å². The molecule has 36 heavy (non-hydrogen) atoms. The number of rotatable bonds is 7. The minimum absolute atomic E-state index is 0.0473. The predicted molar refractivity (Wildman–Crippen MR) is 143 cm³/mol. The van der Waals surface area contributed by atoms with Gasteiger partial charge < -0.3 is 9.84 Å². The van der Waals surface area contributed by atoms with Gasteiger partial charge in [-0.25, -0.2) is 8.42 Å². The minimum Gasteiger partial charge on any atom is -0.381 e. The van der Waals surface area contributed by atoms with Crippen LogP contribution in [0, 0.1) is 6.92 Å². The Morgan fingerprint density at radius 1 is 0.944 bits per heavy atom. The Labute approximate surface area is 210 Å². The Morgan fingerprint density at radius 3 is 2.47 bits per heavy atom. The van der Waals surface area contributed by atoms with Gasteiger partial charge in [-0.15, -0.1) is 0 Å². The maximum atomic E-state index is 11.7. The van der Waals surface area contributed by atoms with Crippen molar-refractivity contribution in [3.8, 4) is 11.4 Å². The first-order chi connectivity index (χ1) is 17.3. The van der Waals surface area contributed by atoms with Crippen molar-refractivity contribution in [3.05, 3.63) is 108 Å². The molecule has 4 aromatic carbocycles. The Bertz CT molecular complexity index is 1640. The molecule has 1 atom stereocenters. The Kier molecular flexibility index (Phi) is 6.33. The summed E-state index contributed by atoms with van der Waals surface area (Å²) in [6.45, 7) is 4.66. The summed E-state index contributed by atoms with van der Waals surface area (Å²) >= 11 is 0. The smallest absolute Gasteiger partial charge is 0.234 e. The molecule has 7 heteroatoms. The van der Waals surface area contributed by atoms with Crippen molar-refractivity contribution in [2.45, 2.75) is 31.2 Å². The van der Waals surface area contributed by atoms with Gasteiger partial charge in [0.15, 0.2) is 9.84 Å². The molecule has 5 rings (SSSR count).